The van der Waals surface area contributed by atoms with Gasteiger partial charge in [-0.2, -0.15) is 0 Å². The highest BCUT2D eigenvalue weighted by atomic mass is 32.1. The Bertz CT molecular complexity index is 695. The summed E-state index contributed by atoms with van der Waals surface area (Å²) in [5.74, 6) is 0. The number of aryl methyl sites for hydroxylation is 2. The van der Waals surface area contributed by atoms with Crippen molar-refractivity contribution >= 4 is 22.2 Å². The minimum atomic E-state index is -0.533. The highest BCUT2D eigenvalue weighted by molar-refractivity contribution is 7.12. The van der Waals surface area contributed by atoms with Crippen LogP contribution in [0, 0.1) is 13.8 Å². The molecule has 0 amide bonds. The fourth-order valence-electron chi connectivity index (χ4n) is 2.34. The number of thiophene rings is 1. The fraction of sp³-hybridized carbons (Fsp3) is 0.200. The second kappa shape index (κ2) is 4.26. The molecule has 0 aliphatic carbocycles. The zero-order valence-corrected chi connectivity index (χ0v) is 11.2. The van der Waals surface area contributed by atoms with Crippen LogP contribution in [0.1, 0.15) is 27.0 Å². The number of benzene rings is 1. The van der Waals surface area contributed by atoms with Gasteiger partial charge in [-0.25, -0.2) is 0 Å². The monoisotopic (exact) mass is 257 g/mol. The first-order chi connectivity index (χ1) is 8.65. The summed E-state index contributed by atoms with van der Waals surface area (Å²) in [6.07, 6.45) is 1.38. The van der Waals surface area contributed by atoms with E-state index < -0.39 is 6.10 Å². The highest BCUT2D eigenvalue weighted by Crippen LogP contribution is 2.31. The Hall–Kier alpha value is -1.58. The first-order valence-corrected chi connectivity index (χ1v) is 6.79. The van der Waals surface area contributed by atoms with Crippen molar-refractivity contribution in [3.63, 3.8) is 0 Å². The van der Waals surface area contributed by atoms with Crippen molar-refractivity contribution in [1.82, 2.24) is 4.98 Å². The number of aliphatic hydroxyl groups is 1. The predicted octanol–water partition coefficient (Wildman–Crippen LogP) is 3.93. The van der Waals surface area contributed by atoms with Gasteiger partial charge >= 0.3 is 0 Å². The molecular weight excluding hydrogens is 242 g/mol. The molecule has 3 rings (SSSR count). The van der Waals surface area contributed by atoms with Crippen molar-refractivity contribution in [2.24, 2.45) is 0 Å². The average Bonchev–Trinajstić information content (AvgIpc) is 2.93. The Labute approximate surface area is 110 Å². The Morgan fingerprint density at radius 3 is 2.72 bits per heavy atom. The molecule has 0 saturated heterocycles. The van der Waals surface area contributed by atoms with E-state index in [1.807, 2.05) is 30.5 Å². The van der Waals surface area contributed by atoms with Crippen molar-refractivity contribution in [3.8, 4) is 0 Å². The fourth-order valence-corrected chi connectivity index (χ4v) is 3.30. The number of nitrogens with one attached hydrogen (secondary N) is 1. The Kier molecular flexibility index (Phi) is 2.73. The second-order valence-electron chi connectivity index (χ2n) is 4.60. The summed E-state index contributed by atoms with van der Waals surface area (Å²) in [4.78, 5) is 5.59. The lowest BCUT2D eigenvalue weighted by atomic mass is 10.0. The van der Waals surface area contributed by atoms with Gasteiger partial charge in [-0.05, 0) is 54.6 Å². The molecule has 3 heteroatoms. The lowest BCUT2D eigenvalue weighted by Gasteiger charge is -2.11. The molecule has 1 aromatic carbocycles. The normalized spacial score (nSPS) is 13.1. The summed E-state index contributed by atoms with van der Waals surface area (Å²) in [6.45, 7) is 4.13. The van der Waals surface area contributed by atoms with E-state index in [0.717, 1.165) is 22.0 Å². The molecule has 0 saturated carbocycles. The van der Waals surface area contributed by atoms with Crippen LogP contribution >= 0.6 is 11.3 Å². The number of fused-ring (bicyclic) bond motifs is 1. The zero-order chi connectivity index (χ0) is 12.7. The van der Waals surface area contributed by atoms with Crippen molar-refractivity contribution in [2.75, 3.05) is 0 Å². The number of aromatic nitrogens is 1. The van der Waals surface area contributed by atoms with Crippen LogP contribution in [0.25, 0.3) is 10.9 Å². The molecule has 0 fully saturated rings. The molecule has 2 aromatic heterocycles. The van der Waals surface area contributed by atoms with E-state index in [4.69, 9.17) is 0 Å². The first-order valence-electron chi connectivity index (χ1n) is 5.97. The van der Waals surface area contributed by atoms with Gasteiger partial charge in [0, 0.05) is 21.5 Å². The minimum absolute atomic E-state index is 0.533. The van der Waals surface area contributed by atoms with Crippen LogP contribution in [0.15, 0.2) is 36.5 Å². The standard InChI is InChI=1S/C15H15NOS/c1-9-7-13(10(2)18-9)15(17)12-3-4-14-11(8-12)5-6-16-14/h3-8,15-17H,1-2H3. The van der Waals surface area contributed by atoms with Crippen molar-refractivity contribution < 1.29 is 5.11 Å². The molecule has 0 spiro atoms. The molecule has 1 atom stereocenters. The number of hydrogen-bond acceptors (Lipinski definition) is 2. The van der Waals surface area contributed by atoms with E-state index in [0.29, 0.717) is 0 Å². The second-order valence-corrected chi connectivity index (χ2v) is 6.06. The van der Waals surface area contributed by atoms with Gasteiger partial charge in [0.1, 0.15) is 6.10 Å². The van der Waals surface area contributed by atoms with Crippen molar-refractivity contribution in [2.45, 2.75) is 20.0 Å². The number of aliphatic hydroxyl groups excluding tert-OH is 1. The van der Waals surface area contributed by atoms with Crippen LogP contribution in [-0.2, 0) is 0 Å². The van der Waals surface area contributed by atoms with Crippen LogP contribution in [-0.4, -0.2) is 10.1 Å². The number of aromatic amines is 1. The van der Waals surface area contributed by atoms with E-state index in [-0.39, 0.29) is 0 Å². The molecule has 2 nitrogen and oxygen atoms in total. The molecule has 0 bridgehead atoms. The summed E-state index contributed by atoms with van der Waals surface area (Å²) < 4.78 is 0. The van der Waals surface area contributed by atoms with Gasteiger partial charge in [0.25, 0.3) is 0 Å². The maximum absolute atomic E-state index is 10.5. The average molecular weight is 257 g/mol. The van der Waals surface area contributed by atoms with Gasteiger partial charge in [-0.3, -0.25) is 0 Å². The first kappa shape index (κ1) is 11.5. The summed E-state index contributed by atoms with van der Waals surface area (Å²) >= 11 is 1.73. The maximum atomic E-state index is 10.5. The molecule has 0 radical (unpaired) electrons. The SMILES string of the molecule is Cc1cc(C(O)c2ccc3[nH]ccc3c2)c(C)s1. The molecule has 0 aliphatic heterocycles. The number of rotatable bonds is 2. The van der Waals surface area contributed by atoms with Crippen LogP contribution in [0.5, 0.6) is 0 Å². The van der Waals surface area contributed by atoms with E-state index in [9.17, 15) is 5.11 Å². The lowest BCUT2D eigenvalue weighted by Crippen LogP contribution is -1.99. The topological polar surface area (TPSA) is 36.0 Å². The van der Waals surface area contributed by atoms with Gasteiger partial charge < -0.3 is 10.1 Å². The van der Waals surface area contributed by atoms with E-state index >= 15 is 0 Å². The molecular formula is C15H15NOS. The van der Waals surface area contributed by atoms with Crippen LogP contribution in [0.3, 0.4) is 0 Å². The zero-order valence-electron chi connectivity index (χ0n) is 10.4. The van der Waals surface area contributed by atoms with Crippen molar-refractivity contribution in [1.29, 1.82) is 0 Å². The Balaban J connectivity index is 2.05. The van der Waals surface area contributed by atoms with Crippen LogP contribution in [0.4, 0.5) is 0 Å². The van der Waals surface area contributed by atoms with Gasteiger partial charge in [-0.1, -0.05) is 6.07 Å². The lowest BCUT2D eigenvalue weighted by molar-refractivity contribution is 0.220. The minimum Gasteiger partial charge on any atom is -0.384 e. The summed E-state index contributed by atoms with van der Waals surface area (Å²) in [7, 11) is 0. The quantitative estimate of drug-likeness (QED) is 0.717. The molecule has 3 aromatic rings. The summed E-state index contributed by atoms with van der Waals surface area (Å²) in [5, 5.41) is 11.6. The number of H-pyrrole nitrogens is 1. The molecule has 2 heterocycles. The molecule has 0 aliphatic rings. The summed E-state index contributed by atoms with van der Waals surface area (Å²) in [5.41, 5.74) is 3.07. The predicted molar refractivity (Wildman–Crippen MR) is 76.2 cm³/mol. The van der Waals surface area contributed by atoms with Gasteiger partial charge in [0.2, 0.25) is 0 Å². The molecule has 18 heavy (non-hydrogen) atoms. The molecule has 92 valence electrons. The third-order valence-corrected chi connectivity index (χ3v) is 4.25. The van der Waals surface area contributed by atoms with Gasteiger partial charge in [0.15, 0.2) is 0 Å². The Morgan fingerprint density at radius 1 is 1.17 bits per heavy atom. The number of hydrogen-bond donors (Lipinski definition) is 2. The molecule has 2 N–H and O–H groups in total. The van der Waals surface area contributed by atoms with E-state index in [1.54, 1.807) is 11.3 Å². The smallest absolute Gasteiger partial charge is 0.105 e. The van der Waals surface area contributed by atoms with Crippen LogP contribution in [0.2, 0.25) is 0 Å². The van der Waals surface area contributed by atoms with Gasteiger partial charge in [-0.15, -0.1) is 11.3 Å². The Morgan fingerprint density at radius 2 is 2.00 bits per heavy atom. The summed E-state index contributed by atoms with van der Waals surface area (Å²) in [6, 6.07) is 10.1. The third-order valence-electron chi connectivity index (χ3n) is 3.27. The molecule has 1 unspecified atom stereocenters. The largest absolute Gasteiger partial charge is 0.384 e. The van der Waals surface area contributed by atoms with E-state index in [1.165, 1.54) is 9.75 Å². The third kappa shape index (κ3) is 1.85. The van der Waals surface area contributed by atoms with E-state index in [2.05, 4.69) is 24.9 Å². The van der Waals surface area contributed by atoms with Gasteiger partial charge in [0.05, 0.1) is 0 Å². The highest BCUT2D eigenvalue weighted by Gasteiger charge is 2.15. The van der Waals surface area contributed by atoms with Crippen LogP contribution < -0.4 is 0 Å². The maximum Gasteiger partial charge on any atom is 0.105 e. The van der Waals surface area contributed by atoms with Crippen molar-refractivity contribution in [3.05, 3.63) is 57.4 Å².